The molecule has 0 atom stereocenters. The predicted molar refractivity (Wildman–Crippen MR) is 94.2 cm³/mol. The van der Waals surface area contributed by atoms with Crippen molar-refractivity contribution in [3.8, 4) is 0 Å². The van der Waals surface area contributed by atoms with Crippen molar-refractivity contribution in [2.24, 2.45) is 0 Å². The molecular weight excluding hydrogens is 391 g/mol. The van der Waals surface area contributed by atoms with E-state index in [0.717, 1.165) is 18.2 Å². The lowest BCUT2D eigenvalue weighted by atomic mass is 10.2. The first kappa shape index (κ1) is 20.1. The molecule has 5 amide bonds. The number of urea groups is 1. The molecule has 2 aromatic carbocycles. The molecule has 0 spiro atoms. The number of halogens is 3. The molecule has 0 bridgehead atoms. The quantitative estimate of drug-likeness (QED) is 0.612. The van der Waals surface area contributed by atoms with Crippen LogP contribution in [0.2, 0.25) is 0 Å². The maximum Gasteiger partial charge on any atom is 0.416 e. The van der Waals surface area contributed by atoms with E-state index in [-0.39, 0.29) is 12.2 Å². The third-order valence-electron chi connectivity index (χ3n) is 4.09. The minimum atomic E-state index is -4.59. The maximum atomic E-state index is 12.7. The first-order chi connectivity index (χ1) is 13.7. The van der Waals surface area contributed by atoms with E-state index >= 15 is 0 Å². The van der Waals surface area contributed by atoms with E-state index in [4.69, 9.17) is 0 Å². The van der Waals surface area contributed by atoms with Crippen LogP contribution in [0.3, 0.4) is 0 Å². The molecule has 10 heteroatoms. The topological polar surface area (TPSA) is 86.8 Å². The Labute approximate surface area is 162 Å². The summed E-state index contributed by atoms with van der Waals surface area (Å²) in [5.74, 6) is -3.17. The third-order valence-corrected chi connectivity index (χ3v) is 4.09. The van der Waals surface area contributed by atoms with Crippen molar-refractivity contribution in [1.29, 1.82) is 0 Å². The second-order valence-corrected chi connectivity index (χ2v) is 6.18. The van der Waals surface area contributed by atoms with Crippen LogP contribution in [0.4, 0.5) is 23.7 Å². The van der Waals surface area contributed by atoms with Crippen molar-refractivity contribution in [2.45, 2.75) is 12.7 Å². The molecule has 1 saturated heterocycles. The summed E-state index contributed by atoms with van der Waals surface area (Å²) in [6.07, 6.45) is -4.59. The Bertz CT molecular complexity index is 976. The van der Waals surface area contributed by atoms with E-state index in [0.29, 0.717) is 15.4 Å². The molecule has 0 saturated carbocycles. The Hall–Kier alpha value is -3.69. The van der Waals surface area contributed by atoms with Gasteiger partial charge in [0.15, 0.2) is 0 Å². The van der Waals surface area contributed by atoms with Gasteiger partial charge in [-0.2, -0.15) is 13.2 Å². The summed E-state index contributed by atoms with van der Waals surface area (Å²) in [4.78, 5) is 49.8. The van der Waals surface area contributed by atoms with Gasteiger partial charge in [0.1, 0.15) is 6.54 Å². The highest BCUT2D eigenvalue weighted by molar-refractivity contribution is 6.45. The zero-order chi connectivity index (χ0) is 21.2. The number of alkyl halides is 3. The lowest BCUT2D eigenvalue weighted by Crippen LogP contribution is -2.38. The van der Waals surface area contributed by atoms with Gasteiger partial charge in [-0.25, -0.2) is 9.69 Å². The van der Waals surface area contributed by atoms with Gasteiger partial charge in [-0.1, -0.05) is 36.4 Å². The Morgan fingerprint density at radius 1 is 0.897 bits per heavy atom. The summed E-state index contributed by atoms with van der Waals surface area (Å²) in [7, 11) is 0. The molecule has 3 rings (SSSR count). The Morgan fingerprint density at radius 3 is 2.21 bits per heavy atom. The number of carbonyl (C=O) groups is 4. The molecule has 1 N–H and O–H groups in total. The van der Waals surface area contributed by atoms with Gasteiger partial charge in [-0.15, -0.1) is 0 Å². The molecule has 1 aliphatic rings. The van der Waals surface area contributed by atoms with E-state index in [1.807, 2.05) is 0 Å². The number of carbonyl (C=O) groups excluding carboxylic acids is 4. The molecule has 0 radical (unpaired) electrons. The molecule has 7 nitrogen and oxygen atoms in total. The van der Waals surface area contributed by atoms with Crippen molar-refractivity contribution in [2.75, 3.05) is 11.9 Å². The highest BCUT2D eigenvalue weighted by Gasteiger charge is 2.45. The molecule has 0 unspecified atom stereocenters. The third kappa shape index (κ3) is 4.42. The van der Waals surface area contributed by atoms with Crippen LogP contribution in [-0.2, 0) is 27.1 Å². The van der Waals surface area contributed by atoms with Crippen molar-refractivity contribution >= 4 is 29.4 Å². The van der Waals surface area contributed by atoms with E-state index in [2.05, 4.69) is 5.32 Å². The summed E-state index contributed by atoms with van der Waals surface area (Å²) < 4.78 is 38.2. The van der Waals surface area contributed by atoms with E-state index in [1.54, 1.807) is 30.3 Å². The normalized spacial score (nSPS) is 14.5. The van der Waals surface area contributed by atoms with Crippen LogP contribution in [0.25, 0.3) is 0 Å². The molecule has 0 aromatic heterocycles. The standard InChI is InChI=1S/C19H14F3N3O4/c20-19(21,22)13-7-4-8-14(9-13)23-15(26)11-25-17(28)16(27)24(18(25)29)10-12-5-2-1-3-6-12/h1-9H,10-11H2,(H,23,26). The molecule has 1 fully saturated rings. The average molecular weight is 405 g/mol. The summed E-state index contributed by atoms with van der Waals surface area (Å²) in [5, 5.41) is 2.19. The minimum absolute atomic E-state index is 0.143. The molecule has 1 aliphatic heterocycles. The minimum Gasteiger partial charge on any atom is -0.325 e. The van der Waals surface area contributed by atoms with Crippen LogP contribution in [0.5, 0.6) is 0 Å². The highest BCUT2D eigenvalue weighted by atomic mass is 19.4. The number of amides is 5. The Balaban J connectivity index is 1.68. The highest BCUT2D eigenvalue weighted by Crippen LogP contribution is 2.30. The maximum absolute atomic E-state index is 12.7. The van der Waals surface area contributed by atoms with Crippen LogP contribution in [0.1, 0.15) is 11.1 Å². The monoisotopic (exact) mass is 405 g/mol. The number of benzene rings is 2. The number of anilines is 1. The van der Waals surface area contributed by atoms with Gasteiger partial charge in [0, 0.05) is 5.69 Å². The van der Waals surface area contributed by atoms with Crippen LogP contribution in [-0.4, -0.2) is 40.1 Å². The van der Waals surface area contributed by atoms with Crippen molar-refractivity contribution in [3.05, 3.63) is 65.7 Å². The number of rotatable bonds is 5. The van der Waals surface area contributed by atoms with Crippen LogP contribution in [0, 0.1) is 0 Å². The van der Waals surface area contributed by atoms with Crippen LogP contribution < -0.4 is 5.32 Å². The van der Waals surface area contributed by atoms with Gasteiger partial charge in [0.2, 0.25) is 5.91 Å². The van der Waals surface area contributed by atoms with Gasteiger partial charge < -0.3 is 5.32 Å². The number of nitrogens with zero attached hydrogens (tertiary/aromatic N) is 2. The largest absolute Gasteiger partial charge is 0.416 e. The average Bonchev–Trinajstić information content (AvgIpc) is 2.86. The molecule has 150 valence electrons. The SMILES string of the molecule is O=C(CN1C(=O)C(=O)N(Cc2ccccc2)C1=O)Nc1cccc(C(F)(F)F)c1. The summed E-state index contributed by atoms with van der Waals surface area (Å²) in [6, 6.07) is 11.4. The zero-order valence-corrected chi connectivity index (χ0v) is 14.8. The fraction of sp³-hybridized carbons (Fsp3) is 0.158. The fourth-order valence-corrected chi connectivity index (χ4v) is 2.71. The van der Waals surface area contributed by atoms with E-state index < -0.39 is 42.0 Å². The van der Waals surface area contributed by atoms with Gasteiger partial charge in [0.25, 0.3) is 0 Å². The lowest BCUT2D eigenvalue weighted by molar-refractivity contribution is -0.143. The summed E-state index contributed by atoms with van der Waals surface area (Å²) in [6.45, 7) is -0.944. The second-order valence-electron chi connectivity index (χ2n) is 6.18. The number of hydrogen-bond donors (Lipinski definition) is 1. The predicted octanol–water partition coefficient (Wildman–Crippen LogP) is 2.63. The van der Waals surface area contributed by atoms with Gasteiger partial charge in [-0.05, 0) is 23.8 Å². The summed E-state index contributed by atoms with van der Waals surface area (Å²) >= 11 is 0. The first-order valence-electron chi connectivity index (χ1n) is 8.35. The van der Waals surface area contributed by atoms with Gasteiger partial charge in [0.05, 0.1) is 12.1 Å². The Kier molecular flexibility index (Phi) is 5.35. The first-order valence-corrected chi connectivity index (χ1v) is 8.35. The molecule has 2 aromatic rings. The van der Waals surface area contributed by atoms with E-state index in [1.165, 1.54) is 6.07 Å². The van der Waals surface area contributed by atoms with Crippen LogP contribution in [0.15, 0.2) is 54.6 Å². The van der Waals surface area contributed by atoms with Gasteiger partial charge >= 0.3 is 24.0 Å². The zero-order valence-electron chi connectivity index (χ0n) is 14.8. The van der Waals surface area contributed by atoms with Crippen LogP contribution >= 0.6 is 0 Å². The van der Waals surface area contributed by atoms with E-state index in [9.17, 15) is 32.3 Å². The Morgan fingerprint density at radius 2 is 1.55 bits per heavy atom. The summed E-state index contributed by atoms with van der Waals surface area (Å²) in [5.41, 5.74) is -0.513. The molecule has 1 heterocycles. The van der Waals surface area contributed by atoms with Crippen molar-refractivity contribution in [3.63, 3.8) is 0 Å². The van der Waals surface area contributed by atoms with Crippen molar-refractivity contribution in [1.82, 2.24) is 9.80 Å². The lowest BCUT2D eigenvalue weighted by Gasteiger charge is -2.16. The molecular formula is C19H14F3N3O4. The number of nitrogens with one attached hydrogen (secondary N) is 1. The molecule has 29 heavy (non-hydrogen) atoms. The van der Waals surface area contributed by atoms with Gasteiger partial charge in [-0.3, -0.25) is 19.3 Å². The number of imide groups is 2. The second kappa shape index (κ2) is 7.74. The molecule has 0 aliphatic carbocycles. The van der Waals surface area contributed by atoms with Crippen molar-refractivity contribution < 1.29 is 32.3 Å². The number of hydrogen-bond acceptors (Lipinski definition) is 4. The smallest absolute Gasteiger partial charge is 0.325 e. The fourth-order valence-electron chi connectivity index (χ4n) is 2.71.